The second kappa shape index (κ2) is 12.5. The van der Waals surface area contributed by atoms with Gasteiger partial charge in [-0.25, -0.2) is 18.1 Å². The lowest BCUT2D eigenvalue weighted by molar-refractivity contribution is 0.102. The molecule has 0 saturated carbocycles. The van der Waals surface area contributed by atoms with Crippen LogP contribution >= 0.6 is 0 Å². The summed E-state index contributed by atoms with van der Waals surface area (Å²) in [5.41, 5.74) is 5.95. The van der Waals surface area contributed by atoms with Gasteiger partial charge in [-0.3, -0.25) is 9.52 Å². The summed E-state index contributed by atoms with van der Waals surface area (Å²) in [6.07, 6.45) is 2.88. The summed E-state index contributed by atoms with van der Waals surface area (Å²) in [7, 11) is -0.551. The van der Waals surface area contributed by atoms with E-state index in [4.69, 9.17) is 9.47 Å². The molecule has 3 aromatic carbocycles. The number of methoxy groups -OCH3 is 2. The Balaban J connectivity index is 1.39. The minimum absolute atomic E-state index is 0.209. The number of nitrogens with zero attached hydrogens (tertiary/aromatic N) is 5. The van der Waals surface area contributed by atoms with E-state index in [1.807, 2.05) is 75.8 Å². The summed E-state index contributed by atoms with van der Waals surface area (Å²) in [6, 6.07) is 16.3. The first-order chi connectivity index (χ1) is 21.7. The smallest absolute Gasteiger partial charge is 0.255 e. The lowest BCUT2D eigenvalue weighted by Crippen LogP contribution is -2.20. The van der Waals surface area contributed by atoms with E-state index in [2.05, 4.69) is 25.5 Å². The number of anilines is 3. The molecule has 2 N–H and O–H groups in total. The van der Waals surface area contributed by atoms with Crippen LogP contribution in [0, 0.1) is 13.8 Å². The SMILES string of the molecule is COc1ccc(-n2ncc(C3CN(c4cc(C(=O)Nc5cc(C(C)(C)C)cc(NS(C)(=O)=O)c5OC)ccc4C)N=N3)c2C)cc1. The summed E-state index contributed by atoms with van der Waals surface area (Å²) < 4.78 is 39.4. The molecule has 1 aliphatic rings. The van der Waals surface area contributed by atoms with E-state index >= 15 is 0 Å². The monoisotopic (exact) mass is 645 g/mol. The number of rotatable bonds is 9. The van der Waals surface area contributed by atoms with E-state index in [1.54, 1.807) is 36.4 Å². The highest BCUT2D eigenvalue weighted by atomic mass is 32.2. The van der Waals surface area contributed by atoms with Crippen LogP contribution in [-0.4, -0.2) is 51.1 Å². The van der Waals surface area contributed by atoms with Crippen molar-refractivity contribution in [1.82, 2.24) is 9.78 Å². The normalized spacial score (nSPS) is 14.8. The van der Waals surface area contributed by atoms with Crippen LogP contribution in [0.5, 0.6) is 11.5 Å². The number of aromatic nitrogens is 2. The highest BCUT2D eigenvalue weighted by Crippen LogP contribution is 2.40. The van der Waals surface area contributed by atoms with Crippen molar-refractivity contribution in [2.75, 3.05) is 42.1 Å². The van der Waals surface area contributed by atoms with Crippen LogP contribution in [-0.2, 0) is 15.4 Å². The van der Waals surface area contributed by atoms with Crippen LogP contribution in [0.2, 0.25) is 0 Å². The Morgan fingerprint density at radius 1 is 0.978 bits per heavy atom. The highest BCUT2D eigenvalue weighted by Gasteiger charge is 2.28. The van der Waals surface area contributed by atoms with Crippen molar-refractivity contribution in [3.63, 3.8) is 0 Å². The minimum Gasteiger partial charge on any atom is -0.497 e. The fourth-order valence-corrected chi connectivity index (χ4v) is 5.83. The minimum atomic E-state index is -3.61. The number of nitrogens with one attached hydrogen (secondary N) is 2. The number of carbonyl (C=O) groups is 1. The Morgan fingerprint density at radius 3 is 2.30 bits per heavy atom. The van der Waals surface area contributed by atoms with Crippen molar-refractivity contribution < 1.29 is 22.7 Å². The average Bonchev–Trinajstić information content (AvgIpc) is 3.62. The molecule has 242 valence electrons. The third-order valence-electron chi connectivity index (χ3n) is 7.82. The van der Waals surface area contributed by atoms with Gasteiger partial charge in [0.05, 0.1) is 56.0 Å². The summed E-state index contributed by atoms with van der Waals surface area (Å²) in [6.45, 7) is 10.4. The molecule has 1 aliphatic heterocycles. The predicted molar refractivity (Wildman–Crippen MR) is 179 cm³/mol. The zero-order valence-electron chi connectivity index (χ0n) is 27.2. The highest BCUT2D eigenvalue weighted by molar-refractivity contribution is 7.92. The van der Waals surface area contributed by atoms with Crippen LogP contribution in [0.1, 0.15) is 59.6 Å². The number of benzene rings is 3. The Morgan fingerprint density at radius 2 is 1.67 bits per heavy atom. The summed E-state index contributed by atoms with van der Waals surface area (Å²) in [4.78, 5) is 13.6. The van der Waals surface area contributed by atoms with E-state index in [9.17, 15) is 13.2 Å². The van der Waals surface area contributed by atoms with Crippen LogP contribution in [0.3, 0.4) is 0 Å². The number of aryl methyl sites for hydroxylation is 1. The summed E-state index contributed by atoms with van der Waals surface area (Å²) in [5.74, 6) is 0.590. The van der Waals surface area contributed by atoms with Crippen molar-refractivity contribution >= 4 is 33.0 Å². The Hall–Kier alpha value is -4.91. The molecule has 0 radical (unpaired) electrons. The van der Waals surface area contributed by atoms with Gasteiger partial charge in [-0.15, -0.1) is 0 Å². The maximum absolute atomic E-state index is 13.6. The van der Waals surface area contributed by atoms with Gasteiger partial charge in [0.15, 0.2) is 5.75 Å². The first kappa shape index (κ1) is 32.5. The lowest BCUT2D eigenvalue weighted by atomic mass is 9.86. The molecule has 5 rings (SSSR count). The second-order valence-electron chi connectivity index (χ2n) is 12.3. The molecule has 1 aromatic heterocycles. The van der Waals surface area contributed by atoms with Crippen LogP contribution in [0.15, 0.2) is 71.1 Å². The van der Waals surface area contributed by atoms with Gasteiger partial charge in [-0.05, 0) is 78.9 Å². The molecule has 0 saturated heterocycles. The number of hydrogen-bond acceptors (Lipinski definition) is 9. The molecule has 46 heavy (non-hydrogen) atoms. The molecule has 0 bridgehead atoms. The summed E-state index contributed by atoms with van der Waals surface area (Å²) in [5, 5.41) is 18.3. The quantitative estimate of drug-likeness (QED) is 0.216. The van der Waals surface area contributed by atoms with E-state index in [-0.39, 0.29) is 28.8 Å². The molecular weight excluding hydrogens is 606 g/mol. The molecule has 2 heterocycles. The van der Waals surface area contributed by atoms with Gasteiger partial charge < -0.3 is 14.8 Å². The molecule has 12 nitrogen and oxygen atoms in total. The first-order valence-electron chi connectivity index (χ1n) is 14.7. The Bertz CT molecular complexity index is 1910. The van der Waals surface area contributed by atoms with Crippen molar-refractivity contribution in [2.45, 2.75) is 46.1 Å². The number of ether oxygens (including phenoxy) is 2. The van der Waals surface area contributed by atoms with Crippen molar-refractivity contribution in [3.8, 4) is 17.2 Å². The summed E-state index contributed by atoms with van der Waals surface area (Å²) >= 11 is 0. The van der Waals surface area contributed by atoms with Gasteiger partial charge in [0.25, 0.3) is 5.91 Å². The fourth-order valence-electron chi connectivity index (χ4n) is 5.28. The van der Waals surface area contributed by atoms with E-state index in [0.717, 1.165) is 45.8 Å². The average molecular weight is 646 g/mol. The zero-order chi connectivity index (χ0) is 33.4. The van der Waals surface area contributed by atoms with Gasteiger partial charge in [0.2, 0.25) is 10.0 Å². The predicted octanol–water partition coefficient (Wildman–Crippen LogP) is 6.36. The zero-order valence-corrected chi connectivity index (χ0v) is 28.1. The maximum Gasteiger partial charge on any atom is 0.255 e. The molecular formula is C33H39N7O5S. The largest absolute Gasteiger partial charge is 0.497 e. The van der Waals surface area contributed by atoms with Crippen molar-refractivity contribution in [2.24, 2.45) is 10.3 Å². The Labute approximate surface area is 269 Å². The van der Waals surface area contributed by atoms with E-state index < -0.39 is 10.0 Å². The topological polar surface area (TPSA) is 140 Å². The molecule has 4 aromatic rings. The van der Waals surface area contributed by atoms with Crippen LogP contribution in [0.4, 0.5) is 17.1 Å². The molecule has 0 aliphatic carbocycles. The molecule has 0 fully saturated rings. The molecule has 1 atom stereocenters. The first-order valence-corrected chi connectivity index (χ1v) is 16.6. The number of sulfonamides is 1. The third-order valence-corrected chi connectivity index (χ3v) is 8.41. The lowest BCUT2D eigenvalue weighted by Gasteiger charge is -2.24. The second-order valence-corrected chi connectivity index (χ2v) is 14.0. The van der Waals surface area contributed by atoms with Crippen molar-refractivity contribution in [3.05, 3.63) is 88.7 Å². The number of carbonyl (C=O) groups excluding carboxylic acids is 1. The standard InChI is InChI=1S/C33H39N7O5S/c1-20-9-10-22(32(41)35-27-16-23(33(3,4)5)17-28(31(27)45-7)37-46(8,42)43)15-30(20)39-19-29(36-38-39)26-18-34-40(21(26)2)24-11-13-25(44-6)14-12-24/h9-18,29,37H,19H2,1-8H3,(H,35,41). The van der Waals surface area contributed by atoms with E-state index in [0.29, 0.717) is 17.8 Å². The van der Waals surface area contributed by atoms with Crippen LogP contribution in [0.25, 0.3) is 5.69 Å². The molecule has 0 spiro atoms. The Kier molecular flexibility index (Phi) is 8.81. The molecule has 13 heteroatoms. The van der Waals surface area contributed by atoms with Gasteiger partial charge >= 0.3 is 0 Å². The van der Waals surface area contributed by atoms with Crippen molar-refractivity contribution in [1.29, 1.82) is 0 Å². The molecule has 1 unspecified atom stereocenters. The third kappa shape index (κ3) is 6.84. The number of amides is 1. The van der Waals surface area contributed by atoms with E-state index in [1.165, 1.54) is 7.11 Å². The van der Waals surface area contributed by atoms with Crippen LogP contribution < -0.4 is 24.5 Å². The maximum atomic E-state index is 13.6. The van der Waals surface area contributed by atoms with Gasteiger partial charge in [0, 0.05) is 16.8 Å². The fraction of sp³-hybridized carbons (Fsp3) is 0.333. The van der Waals surface area contributed by atoms with Gasteiger partial charge in [-0.1, -0.05) is 32.1 Å². The van der Waals surface area contributed by atoms with Gasteiger partial charge in [-0.2, -0.15) is 10.2 Å². The van der Waals surface area contributed by atoms with Gasteiger partial charge in [0.1, 0.15) is 11.8 Å². The molecule has 1 amide bonds. The number of hydrogen-bond donors (Lipinski definition) is 2.